The summed E-state index contributed by atoms with van der Waals surface area (Å²) in [5, 5.41) is 5.82. The SMILES string of the molecule is COC(=O)c1cc(Cl)c(Cl)cc1NC(=O)Nc1ccccc1Cl. The number of methoxy groups -OCH3 is 1. The Kier molecular flexibility index (Phi) is 5.71. The standard InChI is InChI=1S/C15H11Cl3N2O3/c1-23-14(21)8-6-10(17)11(18)7-13(8)20-15(22)19-12-5-3-2-4-9(12)16/h2-7H,1H3,(H2,19,20,22). The van der Waals surface area contributed by atoms with Gasteiger partial charge in [-0.15, -0.1) is 0 Å². The third-order valence-corrected chi connectivity index (χ3v) is 3.89. The molecule has 120 valence electrons. The molecule has 0 unspecified atom stereocenters. The second-order valence-corrected chi connectivity index (χ2v) is 5.58. The van der Waals surface area contributed by atoms with Crippen molar-refractivity contribution in [1.82, 2.24) is 0 Å². The number of hydrogen-bond acceptors (Lipinski definition) is 3. The van der Waals surface area contributed by atoms with E-state index in [1.165, 1.54) is 19.2 Å². The van der Waals surface area contributed by atoms with Gasteiger partial charge in [0.25, 0.3) is 0 Å². The zero-order valence-electron chi connectivity index (χ0n) is 11.8. The molecular weight excluding hydrogens is 363 g/mol. The summed E-state index contributed by atoms with van der Waals surface area (Å²) in [4.78, 5) is 23.9. The number of esters is 1. The van der Waals surface area contributed by atoms with Crippen LogP contribution in [-0.2, 0) is 4.74 Å². The molecule has 0 saturated carbocycles. The van der Waals surface area contributed by atoms with E-state index in [2.05, 4.69) is 15.4 Å². The Bertz CT molecular complexity index is 766. The van der Waals surface area contributed by atoms with Crippen LogP contribution in [0.5, 0.6) is 0 Å². The fourth-order valence-corrected chi connectivity index (χ4v) is 2.28. The largest absolute Gasteiger partial charge is 0.465 e. The molecule has 2 aromatic rings. The number of benzene rings is 2. The lowest BCUT2D eigenvalue weighted by atomic mass is 10.2. The van der Waals surface area contributed by atoms with E-state index in [0.29, 0.717) is 10.7 Å². The number of amides is 2. The molecule has 0 radical (unpaired) electrons. The van der Waals surface area contributed by atoms with Gasteiger partial charge in [0.15, 0.2) is 0 Å². The van der Waals surface area contributed by atoms with Crippen molar-refractivity contribution in [3.8, 4) is 0 Å². The van der Waals surface area contributed by atoms with Gasteiger partial charge >= 0.3 is 12.0 Å². The van der Waals surface area contributed by atoms with Crippen LogP contribution < -0.4 is 10.6 Å². The lowest BCUT2D eigenvalue weighted by Gasteiger charge is -2.12. The van der Waals surface area contributed by atoms with Gasteiger partial charge in [0.2, 0.25) is 0 Å². The second-order valence-electron chi connectivity index (χ2n) is 4.36. The van der Waals surface area contributed by atoms with Crippen molar-refractivity contribution in [3.05, 3.63) is 57.0 Å². The summed E-state index contributed by atoms with van der Waals surface area (Å²) in [5.41, 5.74) is 0.665. The van der Waals surface area contributed by atoms with Gasteiger partial charge in [0.1, 0.15) is 0 Å². The molecule has 8 heteroatoms. The Morgan fingerprint density at radius 1 is 0.913 bits per heavy atom. The fraction of sp³-hybridized carbons (Fsp3) is 0.0667. The first-order chi connectivity index (χ1) is 10.9. The molecular formula is C15H11Cl3N2O3. The Balaban J connectivity index is 2.25. The molecule has 0 atom stereocenters. The molecule has 0 bridgehead atoms. The molecule has 0 aliphatic carbocycles. The predicted octanol–water partition coefficient (Wildman–Crippen LogP) is 5.08. The van der Waals surface area contributed by atoms with Gasteiger partial charge in [-0.25, -0.2) is 9.59 Å². The van der Waals surface area contributed by atoms with E-state index >= 15 is 0 Å². The van der Waals surface area contributed by atoms with E-state index in [0.717, 1.165) is 0 Å². The van der Waals surface area contributed by atoms with Crippen LogP contribution in [0.1, 0.15) is 10.4 Å². The predicted molar refractivity (Wildman–Crippen MR) is 91.9 cm³/mol. The zero-order valence-corrected chi connectivity index (χ0v) is 14.1. The molecule has 2 amide bonds. The normalized spacial score (nSPS) is 10.1. The highest BCUT2D eigenvalue weighted by Crippen LogP contribution is 2.30. The summed E-state index contributed by atoms with van der Waals surface area (Å²) in [7, 11) is 1.22. The molecule has 0 spiro atoms. The van der Waals surface area contributed by atoms with Crippen molar-refractivity contribution in [3.63, 3.8) is 0 Å². The number of carbonyl (C=O) groups is 2. The highest BCUT2D eigenvalue weighted by atomic mass is 35.5. The summed E-state index contributed by atoms with van der Waals surface area (Å²) in [6.45, 7) is 0. The molecule has 23 heavy (non-hydrogen) atoms. The van der Waals surface area contributed by atoms with Gasteiger partial charge < -0.3 is 15.4 Å². The third kappa shape index (κ3) is 4.28. The van der Waals surface area contributed by atoms with Crippen molar-refractivity contribution in [2.75, 3.05) is 17.7 Å². The van der Waals surface area contributed by atoms with Crippen molar-refractivity contribution in [1.29, 1.82) is 0 Å². The Hall–Kier alpha value is -1.95. The number of halogens is 3. The Labute approximate surface area is 147 Å². The number of anilines is 2. The first-order valence-electron chi connectivity index (χ1n) is 6.32. The number of rotatable bonds is 3. The molecule has 0 aromatic heterocycles. The summed E-state index contributed by atoms with van der Waals surface area (Å²) in [5.74, 6) is -0.656. The van der Waals surface area contributed by atoms with Crippen LogP contribution in [0.4, 0.5) is 16.2 Å². The average Bonchev–Trinajstić information content (AvgIpc) is 2.52. The van der Waals surface area contributed by atoms with Gasteiger partial charge in [0.05, 0.1) is 39.1 Å². The summed E-state index contributed by atoms with van der Waals surface area (Å²) < 4.78 is 4.66. The van der Waals surface area contributed by atoms with Gasteiger partial charge in [-0.3, -0.25) is 0 Å². The number of ether oxygens (including phenoxy) is 1. The lowest BCUT2D eigenvalue weighted by molar-refractivity contribution is 0.0602. The molecule has 0 saturated heterocycles. The number of hydrogen-bond donors (Lipinski definition) is 2. The van der Waals surface area contributed by atoms with E-state index in [9.17, 15) is 9.59 Å². The van der Waals surface area contributed by atoms with Crippen molar-refractivity contribution in [2.24, 2.45) is 0 Å². The first kappa shape index (κ1) is 17.4. The van der Waals surface area contributed by atoms with Crippen LogP contribution in [-0.4, -0.2) is 19.1 Å². The number of urea groups is 1. The third-order valence-electron chi connectivity index (χ3n) is 2.84. The van der Waals surface area contributed by atoms with E-state index < -0.39 is 12.0 Å². The summed E-state index contributed by atoms with van der Waals surface area (Å²) in [6, 6.07) is 8.82. The highest BCUT2D eigenvalue weighted by Gasteiger charge is 2.17. The molecule has 2 aromatic carbocycles. The summed E-state index contributed by atoms with van der Waals surface area (Å²) in [6.07, 6.45) is 0. The average molecular weight is 374 g/mol. The molecule has 0 fully saturated rings. The zero-order chi connectivity index (χ0) is 17.0. The van der Waals surface area contributed by atoms with E-state index in [-0.39, 0.29) is 21.3 Å². The molecule has 2 rings (SSSR count). The van der Waals surface area contributed by atoms with E-state index in [1.54, 1.807) is 24.3 Å². The molecule has 0 aliphatic rings. The quantitative estimate of drug-likeness (QED) is 0.737. The summed E-state index contributed by atoms with van der Waals surface area (Å²) >= 11 is 17.8. The number of para-hydroxylation sites is 1. The van der Waals surface area contributed by atoms with Crippen LogP contribution in [0.15, 0.2) is 36.4 Å². The Morgan fingerprint density at radius 2 is 1.52 bits per heavy atom. The van der Waals surface area contributed by atoms with Crippen LogP contribution in [0.25, 0.3) is 0 Å². The van der Waals surface area contributed by atoms with Crippen LogP contribution in [0, 0.1) is 0 Å². The van der Waals surface area contributed by atoms with Gasteiger partial charge in [0, 0.05) is 0 Å². The minimum Gasteiger partial charge on any atom is -0.465 e. The second kappa shape index (κ2) is 7.55. The van der Waals surface area contributed by atoms with Crippen molar-refractivity contribution >= 4 is 58.2 Å². The Morgan fingerprint density at radius 3 is 2.17 bits per heavy atom. The number of carbonyl (C=O) groups excluding carboxylic acids is 2. The smallest absolute Gasteiger partial charge is 0.340 e. The fourth-order valence-electron chi connectivity index (χ4n) is 1.77. The van der Waals surface area contributed by atoms with Crippen LogP contribution in [0.3, 0.4) is 0 Å². The van der Waals surface area contributed by atoms with Crippen molar-refractivity contribution in [2.45, 2.75) is 0 Å². The minimum atomic E-state index is -0.656. The van der Waals surface area contributed by atoms with Crippen molar-refractivity contribution < 1.29 is 14.3 Å². The van der Waals surface area contributed by atoms with E-state index in [4.69, 9.17) is 34.8 Å². The van der Waals surface area contributed by atoms with Gasteiger partial charge in [-0.2, -0.15) is 0 Å². The molecule has 2 N–H and O–H groups in total. The maximum absolute atomic E-state index is 12.1. The number of nitrogens with one attached hydrogen (secondary N) is 2. The molecule has 0 heterocycles. The highest BCUT2D eigenvalue weighted by molar-refractivity contribution is 6.42. The maximum Gasteiger partial charge on any atom is 0.340 e. The van der Waals surface area contributed by atoms with Gasteiger partial charge in [-0.05, 0) is 24.3 Å². The first-order valence-corrected chi connectivity index (χ1v) is 7.45. The minimum absolute atomic E-state index is 0.0798. The maximum atomic E-state index is 12.1. The van der Waals surface area contributed by atoms with Crippen LogP contribution in [0.2, 0.25) is 15.1 Å². The topological polar surface area (TPSA) is 67.4 Å². The lowest BCUT2D eigenvalue weighted by Crippen LogP contribution is -2.21. The monoisotopic (exact) mass is 372 g/mol. The molecule has 5 nitrogen and oxygen atoms in total. The molecule has 0 aliphatic heterocycles. The van der Waals surface area contributed by atoms with E-state index in [1.807, 2.05) is 0 Å². The van der Waals surface area contributed by atoms with Crippen LogP contribution >= 0.6 is 34.8 Å². The van der Waals surface area contributed by atoms with Gasteiger partial charge in [-0.1, -0.05) is 46.9 Å².